The van der Waals surface area contributed by atoms with Crippen LogP contribution >= 0.6 is 0 Å². The molecule has 2 atom stereocenters. The quantitative estimate of drug-likeness (QED) is 0.799. The average Bonchev–Trinajstić information content (AvgIpc) is 2.49. The fourth-order valence-electron chi connectivity index (χ4n) is 2.24. The summed E-state index contributed by atoms with van der Waals surface area (Å²) in [5, 5.41) is 0. The van der Waals surface area contributed by atoms with Gasteiger partial charge in [0.25, 0.3) is 0 Å². The van der Waals surface area contributed by atoms with Crippen LogP contribution in [-0.2, 0) is 9.47 Å². The number of rotatable bonds is 2. The second-order valence-corrected chi connectivity index (χ2v) is 4.47. The summed E-state index contributed by atoms with van der Waals surface area (Å²) < 4.78 is 11.8. The lowest BCUT2D eigenvalue weighted by atomic mass is 10.1. The molecule has 0 amide bonds. The zero-order valence-electron chi connectivity index (χ0n) is 10.2. The molecule has 1 saturated heterocycles. The fourth-order valence-corrected chi connectivity index (χ4v) is 2.24. The molecule has 0 aliphatic carbocycles. The summed E-state index contributed by atoms with van der Waals surface area (Å²) >= 11 is 0. The van der Waals surface area contributed by atoms with Gasteiger partial charge < -0.3 is 9.47 Å². The molecule has 92 valence electrons. The molecule has 2 nitrogen and oxygen atoms in total. The fraction of sp³-hybridized carbons (Fsp3) is 0.250. The number of hydrogen-bond donors (Lipinski definition) is 0. The van der Waals surface area contributed by atoms with Crippen LogP contribution in [0.4, 0.5) is 0 Å². The van der Waals surface area contributed by atoms with Crippen LogP contribution in [0, 0.1) is 0 Å². The Morgan fingerprint density at radius 2 is 1.11 bits per heavy atom. The summed E-state index contributed by atoms with van der Waals surface area (Å²) in [7, 11) is 0. The van der Waals surface area contributed by atoms with Gasteiger partial charge in [-0.3, -0.25) is 0 Å². The van der Waals surface area contributed by atoms with E-state index in [0.717, 1.165) is 0 Å². The van der Waals surface area contributed by atoms with Gasteiger partial charge in [-0.25, -0.2) is 0 Å². The highest BCUT2D eigenvalue weighted by molar-refractivity contribution is 5.21. The first-order valence-electron chi connectivity index (χ1n) is 6.26. The minimum atomic E-state index is 0.0326. The first-order chi connectivity index (χ1) is 8.93. The minimum absolute atomic E-state index is 0.0326. The Morgan fingerprint density at radius 3 is 1.56 bits per heavy atom. The van der Waals surface area contributed by atoms with Crippen molar-refractivity contribution in [3.63, 3.8) is 0 Å². The van der Waals surface area contributed by atoms with Gasteiger partial charge in [-0.15, -0.1) is 0 Å². The second kappa shape index (κ2) is 5.34. The van der Waals surface area contributed by atoms with Crippen molar-refractivity contribution in [2.75, 3.05) is 13.2 Å². The highest BCUT2D eigenvalue weighted by Crippen LogP contribution is 2.31. The summed E-state index contributed by atoms with van der Waals surface area (Å²) in [5.41, 5.74) is 2.36. The Labute approximate surface area is 107 Å². The number of hydrogen-bond acceptors (Lipinski definition) is 2. The van der Waals surface area contributed by atoms with Crippen molar-refractivity contribution in [2.24, 2.45) is 0 Å². The monoisotopic (exact) mass is 240 g/mol. The first kappa shape index (κ1) is 11.5. The largest absolute Gasteiger partial charge is 0.375 e. The van der Waals surface area contributed by atoms with E-state index in [1.54, 1.807) is 0 Å². The Hall–Kier alpha value is -1.64. The van der Waals surface area contributed by atoms with Gasteiger partial charge in [0, 0.05) is 0 Å². The zero-order chi connectivity index (χ0) is 12.2. The summed E-state index contributed by atoms with van der Waals surface area (Å²) in [6, 6.07) is 20.5. The zero-order valence-corrected chi connectivity index (χ0v) is 10.2. The van der Waals surface area contributed by atoms with Crippen molar-refractivity contribution < 1.29 is 9.47 Å². The number of ether oxygens (including phenoxy) is 2. The Morgan fingerprint density at radius 1 is 0.667 bits per heavy atom. The van der Waals surface area contributed by atoms with Crippen molar-refractivity contribution in [3.8, 4) is 0 Å². The predicted molar refractivity (Wildman–Crippen MR) is 70.3 cm³/mol. The van der Waals surface area contributed by atoms with Crippen LogP contribution in [0.2, 0.25) is 0 Å². The molecule has 2 aromatic carbocycles. The Kier molecular flexibility index (Phi) is 3.40. The minimum Gasteiger partial charge on any atom is -0.375 e. The van der Waals surface area contributed by atoms with Crippen molar-refractivity contribution in [1.29, 1.82) is 0 Å². The summed E-state index contributed by atoms with van der Waals surface area (Å²) in [6.45, 7) is 1.26. The van der Waals surface area contributed by atoms with Crippen LogP contribution < -0.4 is 0 Å². The summed E-state index contributed by atoms with van der Waals surface area (Å²) in [5.74, 6) is 0. The van der Waals surface area contributed by atoms with Gasteiger partial charge in [-0.2, -0.15) is 0 Å². The van der Waals surface area contributed by atoms with Crippen molar-refractivity contribution in [3.05, 3.63) is 71.8 Å². The lowest BCUT2D eigenvalue weighted by Gasteiger charge is -2.30. The Bertz CT molecular complexity index is 435. The van der Waals surface area contributed by atoms with E-state index >= 15 is 0 Å². The van der Waals surface area contributed by atoms with Gasteiger partial charge >= 0.3 is 0 Å². The van der Waals surface area contributed by atoms with E-state index in [-0.39, 0.29) is 12.2 Å². The highest BCUT2D eigenvalue weighted by atomic mass is 16.6. The van der Waals surface area contributed by atoms with Gasteiger partial charge in [0.15, 0.2) is 0 Å². The van der Waals surface area contributed by atoms with Gasteiger partial charge in [-0.05, 0) is 11.1 Å². The molecule has 2 aromatic rings. The maximum absolute atomic E-state index is 6.13. The van der Waals surface area contributed by atoms with E-state index in [9.17, 15) is 0 Å². The highest BCUT2D eigenvalue weighted by Gasteiger charge is 2.25. The van der Waals surface area contributed by atoms with Crippen molar-refractivity contribution >= 4 is 0 Å². The third-order valence-corrected chi connectivity index (χ3v) is 3.21. The molecule has 0 unspecified atom stereocenters. The number of benzene rings is 2. The maximum atomic E-state index is 6.13. The maximum Gasteiger partial charge on any atom is 0.107 e. The molecule has 0 saturated carbocycles. The molecule has 0 bridgehead atoms. The first-order valence-corrected chi connectivity index (χ1v) is 6.26. The average molecular weight is 240 g/mol. The van der Waals surface area contributed by atoms with Crippen LogP contribution in [0.1, 0.15) is 23.3 Å². The van der Waals surface area contributed by atoms with E-state index in [1.165, 1.54) is 11.1 Å². The van der Waals surface area contributed by atoms with Gasteiger partial charge in [0.2, 0.25) is 0 Å². The molecule has 0 N–H and O–H groups in total. The summed E-state index contributed by atoms with van der Waals surface area (Å²) in [4.78, 5) is 0. The van der Waals surface area contributed by atoms with Crippen LogP contribution in [0.15, 0.2) is 60.7 Å². The van der Waals surface area contributed by atoms with Crippen molar-refractivity contribution in [2.45, 2.75) is 12.2 Å². The van der Waals surface area contributed by atoms with Gasteiger partial charge in [-0.1, -0.05) is 60.7 Å². The topological polar surface area (TPSA) is 18.5 Å². The standard InChI is InChI=1S/C16H16O2/c1-3-7-13(8-4-1)15-11-17-12-16(18-15)14-9-5-2-6-10-14/h1-10,15-16H,11-12H2/t15-,16-/m1/s1. The van der Waals surface area contributed by atoms with E-state index in [2.05, 4.69) is 24.3 Å². The molecule has 1 fully saturated rings. The molecule has 18 heavy (non-hydrogen) atoms. The second-order valence-electron chi connectivity index (χ2n) is 4.47. The van der Waals surface area contributed by atoms with E-state index in [1.807, 2.05) is 36.4 Å². The molecule has 0 spiro atoms. The molecule has 2 heteroatoms. The lowest BCUT2D eigenvalue weighted by molar-refractivity contribution is -0.142. The predicted octanol–water partition coefficient (Wildman–Crippen LogP) is 3.52. The normalized spacial score (nSPS) is 23.8. The van der Waals surface area contributed by atoms with E-state index in [0.29, 0.717) is 13.2 Å². The van der Waals surface area contributed by atoms with Gasteiger partial charge in [0.05, 0.1) is 13.2 Å². The third kappa shape index (κ3) is 2.45. The molecule has 1 heterocycles. The SMILES string of the molecule is c1ccc([C@H]2COC[C@H](c3ccccc3)O2)cc1. The van der Waals surface area contributed by atoms with E-state index < -0.39 is 0 Å². The molecule has 1 aliphatic heterocycles. The van der Waals surface area contributed by atoms with E-state index in [4.69, 9.17) is 9.47 Å². The van der Waals surface area contributed by atoms with Crippen LogP contribution in [-0.4, -0.2) is 13.2 Å². The molecule has 0 radical (unpaired) electrons. The Balaban J connectivity index is 1.77. The molecular weight excluding hydrogens is 224 g/mol. The lowest BCUT2D eigenvalue weighted by Crippen LogP contribution is -2.25. The molecule has 1 aliphatic rings. The molecular formula is C16H16O2. The van der Waals surface area contributed by atoms with Crippen LogP contribution in [0.3, 0.4) is 0 Å². The molecule has 3 rings (SSSR count). The smallest absolute Gasteiger partial charge is 0.107 e. The third-order valence-electron chi connectivity index (χ3n) is 3.21. The van der Waals surface area contributed by atoms with Crippen molar-refractivity contribution in [1.82, 2.24) is 0 Å². The van der Waals surface area contributed by atoms with Crippen LogP contribution in [0.25, 0.3) is 0 Å². The van der Waals surface area contributed by atoms with Gasteiger partial charge in [0.1, 0.15) is 12.2 Å². The molecule has 0 aromatic heterocycles. The van der Waals surface area contributed by atoms with Crippen LogP contribution in [0.5, 0.6) is 0 Å². The summed E-state index contributed by atoms with van der Waals surface area (Å²) in [6.07, 6.45) is 0.0651.